The molecule has 2 aliphatic heterocycles. The fourth-order valence-corrected chi connectivity index (χ4v) is 5.60. The molecule has 2 fully saturated rings. The highest BCUT2D eigenvalue weighted by Gasteiger charge is 2.32. The molecule has 0 spiro atoms. The zero-order valence-electron chi connectivity index (χ0n) is 20.9. The standard InChI is InChI=1S/C26H29FN8.H3N/c1-14(2)25-19-10-15(4-8-20(19)33-34(25)3)23-22(27)24(32-26(28)31-23)21-9-7-18(11-29-21)35-12-16-5-6-17(13-35)30-16;/h4,7-11,14,16-17,30H,5-6,12-13H2,1-3H3,(H2,28,31,32);1H3. The van der Waals surface area contributed by atoms with E-state index < -0.39 is 5.82 Å². The molecule has 5 heterocycles. The summed E-state index contributed by atoms with van der Waals surface area (Å²) in [5.74, 6) is -0.255. The number of nitrogen functional groups attached to an aromatic ring is 1. The number of halogens is 1. The Balaban J connectivity index is 0.00000267. The van der Waals surface area contributed by atoms with Crippen LogP contribution in [0.3, 0.4) is 0 Å². The van der Waals surface area contributed by atoms with Crippen molar-refractivity contribution < 1.29 is 4.39 Å². The predicted molar refractivity (Wildman–Crippen MR) is 141 cm³/mol. The van der Waals surface area contributed by atoms with Crippen molar-refractivity contribution in [3.63, 3.8) is 0 Å². The molecule has 2 aliphatic rings. The second-order valence-electron chi connectivity index (χ2n) is 9.93. The predicted octanol–water partition coefficient (Wildman–Crippen LogP) is 4.04. The minimum Gasteiger partial charge on any atom is -0.368 e. The van der Waals surface area contributed by atoms with Gasteiger partial charge < -0.3 is 22.1 Å². The van der Waals surface area contributed by atoms with Crippen molar-refractivity contribution in [1.29, 1.82) is 0 Å². The first kappa shape index (κ1) is 24.1. The van der Waals surface area contributed by atoms with Crippen LogP contribution in [0.1, 0.15) is 38.3 Å². The summed E-state index contributed by atoms with van der Waals surface area (Å²) in [5, 5.41) is 9.20. The number of hydrogen-bond acceptors (Lipinski definition) is 8. The van der Waals surface area contributed by atoms with E-state index in [0.717, 1.165) is 35.4 Å². The molecule has 10 heteroatoms. The van der Waals surface area contributed by atoms with Crippen molar-refractivity contribution in [3.8, 4) is 22.6 Å². The van der Waals surface area contributed by atoms with E-state index in [0.29, 0.717) is 23.3 Å². The van der Waals surface area contributed by atoms with Crippen molar-refractivity contribution in [2.24, 2.45) is 7.05 Å². The maximum absolute atomic E-state index is 15.8. The van der Waals surface area contributed by atoms with Crippen LogP contribution < -0.4 is 22.1 Å². The van der Waals surface area contributed by atoms with Gasteiger partial charge in [-0.2, -0.15) is 5.10 Å². The third-order valence-corrected chi connectivity index (χ3v) is 7.14. The third kappa shape index (κ3) is 4.06. The normalized spacial score (nSPS) is 19.2. The fraction of sp³-hybridized carbons (Fsp3) is 0.385. The van der Waals surface area contributed by atoms with Crippen LogP contribution in [0.5, 0.6) is 0 Å². The molecular formula is C26H32FN9. The Morgan fingerprint density at radius 1 is 1.06 bits per heavy atom. The topological polar surface area (TPSA) is 133 Å². The number of nitrogens with two attached hydrogens (primary N) is 1. The molecule has 188 valence electrons. The maximum Gasteiger partial charge on any atom is 0.221 e. The minimum absolute atomic E-state index is 0. The van der Waals surface area contributed by atoms with Gasteiger partial charge in [0.05, 0.1) is 23.1 Å². The molecule has 0 radical (unpaired) electrons. The summed E-state index contributed by atoms with van der Waals surface area (Å²) in [5.41, 5.74) is 10.4. The van der Waals surface area contributed by atoms with Crippen molar-refractivity contribution in [2.75, 3.05) is 23.7 Å². The van der Waals surface area contributed by atoms with Gasteiger partial charge in [0.15, 0.2) is 5.82 Å². The Hall–Kier alpha value is -3.63. The molecule has 6 N–H and O–H groups in total. The van der Waals surface area contributed by atoms with Gasteiger partial charge in [-0.3, -0.25) is 9.67 Å². The summed E-state index contributed by atoms with van der Waals surface area (Å²) in [7, 11) is 1.93. The molecule has 4 aromatic rings. The monoisotopic (exact) mass is 489 g/mol. The van der Waals surface area contributed by atoms with Gasteiger partial charge in [0.1, 0.15) is 11.4 Å². The summed E-state index contributed by atoms with van der Waals surface area (Å²) >= 11 is 0. The van der Waals surface area contributed by atoms with E-state index in [9.17, 15) is 0 Å². The molecule has 2 saturated heterocycles. The highest BCUT2D eigenvalue weighted by atomic mass is 19.1. The van der Waals surface area contributed by atoms with Gasteiger partial charge in [0.2, 0.25) is 5.95 Å². The van der Waals surface area contributed by atoms with Crippen LogP contribution in [0.15, 0.2) is 36.5 Å². The van der Waals surface area contributed by atoms with Crippen molar-refractivity contribution >= 4 is 22.5 Å². The lowest BCUT2D eigenvalue weighted by Gasteiger charge is -2.34. The first-order chi connectivity index (χ1) is 16.9. The number of benzene rings is 1. The zero-order chi connectivity index (χ0) is 24.3. The van der Waals surface area contributed by atoms with Crippen LogP contribution in [-0.2, 0) is 7.05 Å². The number of nitrogens with one attached hydrogen (secondary N) is 1. The number of hydrogen-bond donors (Lipinski definition) is 3. The van der Waals surface area contributed by atoms with Crippen LogP contribution >= 0.6 is 0 Å². The Kier molecular flexibility index (Phi) is 6.09. The number of anilines is 2. The average Bonchev–Trinajstić information content (AvgIpc) is 3.36. The molecule has 9 nitrogen and oxygen atoms in total. The first-order valence-corrected chi connectivity index (χ1v) is 12.1. The number of piperazine rings is 1. The second-order valence-corrected chi connectivity index (χ2v) is 9.93. The second kappa shape index (κ2) is 9.11. The van der Waals surface area contributed by atoms with E-state index in [1.807, 2.05) is 42.1 Å². The number of nitrogens with zero attached hydrogens (tertiary/aromatic N) is 6. The molecule has 0 aliphatic carbocycles. The van der Waals surface area contributed by atoms with E-state index in [-0.39, 0.29) is 29.4 Å². The summed E-state index contributed by atoms with van der Waals surface area (Å²) in [6.07, 6.45) is 4.23. The molecule has 6 rings (SSSR count). The Morgan fingerprint density at radius 3 is 2.44 bits per heavy atom. The highest BCUT2D eigenvalue weighted by molar-refractivity contribution is 5.87. The van der Waals surface area contributed by atoms with Crippen LogP contribution in [0.2, 0.25) is 0 Å². The lowest BCUT2D eigenvalue weighted by Crippen LogP contribution is -2.51. The van der Waals surface area contributed by atoms with Gasteiger partial charge in [0.25, 0.3) is 0 Å². The molecule has 3 aromatic heterocycles. The third-order valence-electron chi connectivity index (χ3n) is 7.14. The molecular weight excluding hydrogens is 457 g/mol. The molecule has 36 heavy (non-hydrogen) atoms. The lowest BCUT2D eigenvalue weighted by molar-refractivity contribution is 0.465. The summed E-state index contributed by atoms with van der Waals surface area (Å²) in [6.45, 7) is 6.16. The molecule has 0 saturated carbocycles. The number of aryl methyl sites for hydroxylation is 1. The van der Waals surface area contributed by atoms with Gasteiger partial charge in [-0.1, -0.05) is 19.9 Å². The number of aromatic nitrogens is 5. The zero-order valence-corrected chi connectivity index (χ0v) is 20.9. The van der Waals surface area contributed by atoms with Crippen molar-refractivity contribution in [2.45, 2.75) is 44.7 Å². The van der Waals surface area contributed by atoms with Gasteiger partial charge in [-0.25, -0.2) is 14.4 Å². The van der Waals surface area contributed by atoms with Gasteiger partial charge in [-0.15, -0.1) is 0 Å². The first-order valence-electron chi connectivity index (χ1n) is 12.1. The van der Waals surface area contributed by atoms with Gasteiger partial charge in [-0.05, 0) is 43.0 Å². The SMILES string of the molecule is CC(C)c1c2cc(-c3nc(N)nc(-c4ccc(N5CC6CCC(C5)N6)cn4)c3F)ccc2nn1C.N. The van der Waals surface area contributed by atoms with Gasteiger partial charge in [0, 0.05) is 48.9 Å². The number of fused-ring (bicyclic) bond motifs is 3. The van der Waals surface area contributed by atoms with Crippen LogP contribution in [0, 0.1) is 5.82 Å². The summed E-state index contributed by atoms with van der Waals surface area (Å²) < 4.78 is 17.7. The number of pyridine rings is 1. The van der Waals surface area contributed by atoms with Crippen molar-refractivity contribution in [1.82, 2.24) is 36.2 Å². The Bertz CT molecular complexity index is 1400. The van der Waals surface area contributed by atoms with Gasteiger partial charge >= 0.3 is 0 Å². The Labute approximate surface area is 209 Å². The van der Waals surface area contributed by atoms with Crippen LogP contribution in [0.25, 0.3) is 33.5 Å². The molecule has 0 amide bonds. The molecule has 1 aromatic carbocycles. The maximum atomic E-state index is 15.8. The molecule has 2 atom stereocenters. The van der Waals surface area contributed by atoms with Crippen LogP contribution in [-0.4, -0.2) is 49.9 Å². The largest absolute Gasteiger partial charge is 0.368 e. The molecule has 2 bridgehead atoms. The quantitative estimate of drug-likeness (QED) is 0.391. The smallest absolute Gasteiger partial charge is 0.221 e. The Morgan fingerprint density at radius 2 is 1.78 bits per heavy atom. The minimum atomic E-state index is -0.533. The number of rotatable bonds is 4. The lowest BCUT2D eigenvalue weighted by atomic mass is 10.0. The fourth-order valence-electron chi connectivity index (χ4n) is 5.60. The van der Waals surface area contributed by atoms with E-state index in [4.69, 9.17) is 5.73 Å². The summed E-state index contributed by atoms with van der Waals surface area (Å²) in [6, 6.07) is 10.5. The van der Waals surface area contributed by atoms with Crippen molar-refractivity contribution in [3.05, 3.63) is 48.0 Å². The average molecular weight is 490 g/mol. The van der Waals surface area contributed by atoms with E-state index in [2.05, 4.69) is 44.1 Å². The van der Waals surface area contributed by atoms with Crippen LogP contribution in [0.4, 0.5) is 16.0 Å². The van der Waals surface area contributed by atoms with E-state index in [1.54, 1.807) is 6.20 Å². The highest BCUT2D eigenvalue weighted by Crippen LogP contribution is 2.33. The molecule has 2 unspecified atom stereocenters. The van der Waals surface area contributed by atoms with E-state index >= 15 is 4.39 Å². The van der Waals surface area contributed by atoms with E-state index in [1.165, 1.54) is 12.8 Å². The summed E-state index contributed by atoms with van der Waals surface area (Å²) in [4.78, 5) is 15.4.